The normalized spacial score (nSPS) is 9.67. The summed E-state index contributed by atoms with van der Waals surface area (Å²) in [6.45, 7) is 0. The summed E-state index contributed by atoms with van der Waals surface area (Å²) in [5.74, 6) is 0. The zero-order valence-electron chi connectivity index (χ0n) is 3.80. The van der Waals surface area contributed by atoms with Gasteiger partial charge in [-0.25, -0.2) is 13.6 Å². The smallest absolute Gasteiger partial charge is 0.229 e. The van der Waals surface area contributed by atoms with Crippen LogP contribution in [-0.4, -0.2) is 14.7 Å². The summed E-state index contributed by atoms with van der Waals surface area (Å²) >= 11 is 0. The summed E-state index contributed by atoms with van der Waals surface area (Å²) < 4.78 is 18.8. The van der Waals surface area contributed by atoms with Crippen LogP contribution in [0.25, 0.3) is 0 Å². The molecule has 0 aliphatic carbocycles. The maximum Gasteiger partial charge on any atom is 1.00 e. The number of hydrogen-bond acceptors (Lipinski definition) is 2. The van der Waals surface area contributed by atoms with Gasteiger partial charge in [0.1, 0.15) is 0 Å². The summed E-state index contributed by atoms with van der Waals surface area (Å²) in [6, 6.07) is 0. The van der Waals surface area contributed by atoms with E-state index in [1.165, 1.54) is 0 Å². The Morgan fingerprint density at radius 2 is 1.50 bits per heavy atom. The van der Waals surface area contributed by atoms with Crippen molar-refractivity contribution < 1.29 is 59.8 Å². The SMILES string of the molecule is CS(N)(=O)=O.[K+]. The standard InChI is InChI=1S/CH5NO2S.K/c1-5(2,3)4;/h1H3,(H2,2,3,4);/q;+1. The van der Waals surface area contributed by atoms with Crippen LogP contribution >= 0.6 is 0 Å². The quantitative estimate of drug-likeness (QED) is 0.342. The molecule has 0 saturated carbocycles. The van der Waals surface area contributed by atoms with Gasteiger partial charge in [0.25, 0.3) is 0 Å². The van der Waals surface area contributed by atoms with Gasteiger partial charge in [0.15, 0.2) is 0 Å². The Hall–Kier alpha value is 1.55. The fraction of sp³-hybridized carbons (Fsp3) is 1.00. The van der Waals surface area contributed by atoms with E-state index in [0.29, 0.717) is 0 Å². The van der Waals surface area contributed by atoms with Gasteiger partial charge in [-0.05, 0) is 0 Å². The van der Waals surface area contributed by atoms with Gasteiger partial charge in [-0.3, -0.25) is 0 Å². The fourth-order valence-electron chi connectivity index (χ4n) is 0. The third-order valence-corrected chi connectivity index (χ3v) is 0. The molecule has 0 radical (unpaired) electrons. The van der Waals surface area contributed by atoms with Crippen molar-refractivity contribution >= 4 is 10.0 Å². The Morgan fingerprint density at radius 3 is 1.50 bits per heavy atom. The van der Waals surface area contributed by atoms with Crippen molar-refractivity contribution in [3.8, 4) is 0 Å². The molecule has 0 aromatic carbocycles. The third kappa shape index (κ3) is 47.9. The molecule has 0 unspecified atom stereocenters. The molecule has 0 atom stereocenters. The first-order valence-electron chi connectivity index (χ1n) is 0.977. The Bertz CT molecular complexity index is 96.7. The molecule has 5 heteroatoms. The molecule has 3 nitrogen and oxygen atoms in total. The average Bonchev–Trinajstić information content (AvgIpc) is 0.722. The molecule has 2 N–H and O–H groups in total. The van der Waals surface area contributed by atoms with E-state index in [9.17, 15) is 8.42 Å². The van der Waals surface area contributed by atoms with Gasteiger partial charge in [-0.2, -0.15) is 0 Å². The topological polar surface area (TPSA) is 60.2 Å². The first-order chi connectivity index (χ1) is 2.00. The molecule has 6 heavy (non-hydrogen) atoms. The number of sulfonamides is 1. The Balaban J connectivity index is 0. The molecule has 0 aromatic heterocycles. The first-order valence-corrected chi connectivity index (χ1v) is 2.93. The van der Waals surface area contributed by atoms with E-state index in [-0.39, 0.29) is 51.4 Å². The number of hydrogen-bond donors (Lipinski definition) is 1. The molecule has 0 bridgehead atoms. The van der Waals surface area contributed by atoms with Crippen LogP contribution in [0.3, 0.4) is 0 Å². The molecule has 0 fully saturated rings. The Morgan fingerprint density at radius 1 is 1.50 bits per heavy atom. The van der Waals surface area contributed by atoms with Crippen LogP contribution < -0.4 is 56.5 Å². The van der Waals surface area contributed by atoms with Crippen molar-refractivity contribution in [2.75, 3.05) is 6.26 Å². The summed E-state index contributed by atoms with van der Waals surface area (Å²) in [4.78, 5) is 0. The summed E-state index contributed by atoms with van der Waals surface area (Å²) in [6.07, 6.45) is 0.938. The molecule has 0 saturated heterocycles. The predicted octanol–water partition coefficient (Wildman–Crippen LogP) is -4.09. The van der Waals surface area contributed by atoms with E-state index in [0.717, 1.165) is 6.26 Å². The molecule has 0 aliphatic heterocycles. The zero-order valence-corrected chi connectivity index (χ0v) is 7.74. The van der Waals surface area contributed by atoms with Crippen molar-refractivity contribution in [1.82, 2.24) is 0 Å². The second kappa shape index (κ2) is 3.54. The van der Waals surface area contributed by atoms with Crippen LogP contribution in [0.2, 0.25) is 0 Å². The molecule has 0 spiro atoms. The minimum atomic E-state index is -3.17. The molecular weight excluding hydrogens is 129 g/mol. The van der Waals surface area contributed by atoms with Crippen molar-refractivity contribution in [2.45, 2.75) is 0 Å². The van der Waals surface area contributed by atoms with E-state index in [1.54, 1.807) is 0 Å². The maximum atomic E-state index is 9.41. The van der Waals surface area contributed by atoms with Crippen molar-refractivity contribution in [1.29, 1.82) is 0 Å². The molecule has 0 aromatic rings. The second-order valence-corrected chi connectivity index (χ2v) is 2.49. The Kier molecular flexibility index (Phi) is 6.20. The van der Waals surface area contributed by atoms with Gasteiger partial charge in [-0.15, -0.1) is 0 Å². The van der Waals surface area contributed by atoms with Gasteiger partial charge < -0.3 is 0 Å². The van der Waals surface area contributed by atoms with E-state index in [1.807, 2.05) is 0 Å². The largest absolute Gasteiger partial charge is 1.00 e. The number of primary sulfonamides is 1. The van der Waals surface area contributed by atoms with Gasteiger partial charge in [0, 0.05) is 0 Å². The van der Waals surface area contributed by atoms with Gasteiger partial charge >= 0.3 is 51.4 Å². The minimum absolute atomic E-state index is 0. The summed E-state index contributed by atoms with van der Waals surface area (Å²) in [7, 11) is -3.17. The third-order valence-electron chi connectivity index (χ3n) is 0. The molecule has 0 heterocycles. The van der Waals surface area contributed by atoms with Crippen LogP contribution in [0.15, 0.2) is 0 Å². The van der Waals surface area contributed by atoms with E-state index >= 15 is 0 Å². The fourth-order valence-corrected chi connectivity index (χ4v) is 0. The Labute approximate surface area is 79.8 Å². The van der Waals surface area contributed by atoms with Crippen LogP contribution in [-0.2, 0) is 10.0 Å². The molecule has 0 rings (SSSR count). The van der Waals surface area contributed by atoms with Crippen LogP contribution in [0.5, 0.6) is 0 Å². The predicted molar refractivity (Wildman–Crippen MR) is 19.0 cm³/mol. The molecule has 0 amide bonds. The maximum absolute atomic E-state index is 9.41. The molecule has 0 aliphatic rings. The minimum Gasteiger partial charge on any atom is -0.229 e. The van der Waals surface area contributed by atoms with Gasteiger partial charge in [-0.1, -0.05) is 0 Å². The monoisotopic (exact) mass is 134 g/mol. The van der Waals surface area contributed by atoms with Crippen LogP contribution in [0.1, 0.15) is 0 Å². The van der Waals surface area contributed by atoms with Crippen molar-refractivity contribution in [2.24, 2.45) is 5.14 Å². The number of nitrogens with two attached hydrogens (primary N) is 1. The number of rotatable bonds is 0. The second-order valence-electron chi connectivity index (χ2n) is 0.830. The van der Waals surface area contributed by atoms with Gasteiger partial charge in [0.2, 0.25) is 10.0 Å². The zero-order chi connectivity index (χ0) is 4.50. The van der Waals surface area contributed by atoms with Gasteiger partial charge in [0.05, 0.1) is 6.26 Å². The summed E-state index contributed by atoms with van der Waals surface area (Å²) in [5, 5.41) is 4.33. The van der Waals surface area contributed by atoms with E-state index in [2.05, 4.69) is 5.14 Å². The van der Waals surface area contributed by atoms with E-state index in [4.69, 9.17) is 0 Å². The van der Waals surface area contributed by atoms with E-state index < -0.39 is 10.0 Å². The summed E-state index contributed by atoms with van der Waals surface area (Å²) in [5.41, 5.74) is 0. The van der Waals surface area contributed by atoms with Crippen molar-refractivity contribution in [3.05, 3.63) is 0 Å². The first kappa shape index (κ1) is 10.5. The molecule has 32 valence electrons. The van der Waals surface area contributed by atoms with Crippen LogP contribution in [0, 0.1) is 0 Å². The average molecular weight is 134 g/mol. The van der Waals surface area contributed by atoms with Crippen molar-refractivity contribution in [3.63, 3.8) is 0 Å². The van der Waals surface area contributed by atoms with Crippen LogP contribution in [0.4, 0.5) is 0 Å². The molecular formula is CH5KNO2S+.